The zero-order valence-electron chi connectivity index (χ0n) is 13.4. The Morgan fingerprint density at radius 3 is 2.46 bits per heavy atom. The fourth-order valence-electron chi connectivity index (χ4n) is 3.05. The van der Waals surface area contributed by atoms with Crippen LogP contribution in [0.4, 0.5) is 0 Å². The van der Waals surface area contributed by atoms with E-state index in [0.717, 1.165) is 5.56 Å². The van der Waals surface area contributed by atoms with Gasteiger partial charge in [0, 0.05) is 32.6 Å². The van der Waals surface area contributed by atoms with Gasteiger partial charge in [0.05, 0.1) is 6.04 Å². The van der Waals surface area contributed by atoms with Gasteiger partial charge in [-0.1, -0.05) is 36.4 Å². The topological polar surface area (TPSA) is 73.5 Å². The third-order valence-corrected chi connectivity index (χ3v) is 4.26. The number of aromatic nitrogens is 1. The second-order valence-corrected chi connectivity index (χ2v) is 5.82. The highest BCUT2D eigenvalue weighted by molar-refractivity contribution is 5.92. The van der Waals surface area contributed by atoms with Crippen LogP contribution in [0, 0.1) is 0 Å². The lowest BCUT2D eigenvalue weighted by atomic mass is 10.0. The highest BCUT2D eigenvalue weighted by atomic mass is 16.2. The van der Waals surface area contributed by atoms with Gasteiger partial charge in [-0.15, -0.1) is 0 Å². The summed E-state index contributed by atoms with van der Waals surface area (Å²) >= 11 is 0. The van der Waals surface area contributed by atoms with Gasteiger partial charge in [0.15, 0.2) is 0 Å². The van der Waals surface area contributed by atoms with Crippen molar-refractivity contribution in [2.45, 2.75) is 13.0 Å². The maximum atomic E-state index is 12.7. The van der Waals surface area contributed by atoms with Gasteiger partial charge >= 0.3 is 0 Å². The molecule has 1 atom stereocenters. The third-order valence-electron chi connectivity index (χ3n) is 4.26. The summed E-state index contributed by atoms with van der Waals surface area (Å²) in [6.07, 6.45) is 0. The highest BCUT2D eigenvalue weighted by Crippen LogP contribution is 2.26. The predicted octanol–water partition coefficient (Wildman–Crippen LogP) is 1.42. The van der Waals surface area contributed by atoms with Gasteiger partial charge in [-0.05, 0) is 11.6 Å². The molecular weight excluding hydrogens is 306 g/mol. The van der Waals surface area contributed by atoms with Crippen LogP contribution < -0.4 is 5.56 Å². The number of nitrogens with one attached hydrogen (secondary N) is 1. The van der Waals surface area contributed by atoms with Crippen LogP contribution in [-0.4, -0.2) is 46.2 Å². The van der Waals surface area contributed by atoms with E-state index < -0.39 is 0 Å². The van der Waals surface area contributed by atoms with Gasteiger partial charge < -0.3 is 14.8 Å². The first-order valence-corrected chi connectivity index (χ1v) is 7.87. The van der Waals surface area contributed by atoms with Crippen molar-refractivity contribution in [3.8, 4) is 0 Å². The fourth-order valence-corrected chi connectivity index (χ4v) is 3.05. The Kier molecular flexibility index (Phi) is 4.46. The third kappa shape index (κ3) is 3.22. The van der Waals surface area contributed by atoms with Crippen LogP contribution >= 0.6 is 0 Å². The number of piperazine rings is 1. The van der Waals surface area contributed by atoms with E-state index in [0.29, 0.717) is 19.6 Å². The summed E-state index contributed by atoms with van der Waals surface area (Å²) in [5.41, 5.74) is 0.958. The van der Waals surface area contributed by atoms with E-state index in [2.05, 4.69) is 4.98 Å². The minimum atomic E-state index is -0.303. The van der Waals surface area contributed by atoms with Crippen molar-refractivity contribution < 1.29 is 9.59 Å². The Balaban J connectivity index is 1.86. The molecule has 6 heteroatoms. The van der Waals surface area contributed by atoms with E-state index in [1.807, 2.05) is 30.3 Å². The largest absolute Gasteiger partial charge is 0.333 e. The molecule has 1 aliphatic rings. The molecule has 2 aromatic rings. The number of carbonyl (C=O) groups excluding carboxylic acids is 2. The Morgan fingerprint density at radius 1 is 1.04 bits per heavy atom. The fraction of sp³-hybridized carbons (Fsp3) is 0.278. The summed E-state index contributed by atoms with van der Waals surface area (Å²) in [5.74, 6) is -0.235. The van der Waals surface area contributed by atoms with Gasteiger partial charge in [-0.3, -0.25) is 14.4 Å². The molecule has 0 radical (unpaired) electrons. The van der Waals surface area contributed by atoms with E-state index in [1.54, 1.807) is 28.9 Å². The average Bonchev–Trinajstić information content (AvgIpc) is 2.61. The van der Waals surface area contributed by atoms with Crippen LogP contribution in [0.25, 0.3) is 0 Å². The molecule has 1 N–H and O–H groups in total. The molecule has 1 aliphatic heterocycles. The summed E-state index contributed by atoms with van der Waals surface area (Å²) in [5, 5.41) is 0. The number of carbonyl (C=O) groups is 2. The standard InChI is InChI=1S/C18H19N3O3/c1-13(22)21-11-10-20(12-16(21)14-6-3-2-4-7-14)18(24)15-8-5-9-17(23)19-15/h2-9,16H,10-12H2,1H3,(H,19,23). The molecule has 24 heavy (non-hydrogen) atoms. The number of hydrogen-bond acceptors (Lipinski definition) is 3. The normalized spacial score (nSPS) is 17.6. The molecule has 0 spiro atoms. The first-order chi connectivity index (χ1) is 11.6. The molecule has 0 saturated carbocycles. The van der Waals surface area contributed by atoms with Crippen LogP contribution in [0.1, 0.15) is 29.0 Å². The van der Waals surface area contributed by atoms with Crippen LogP contribution in [0.5, 0.6) is 0 Å². The van der Waals surface area contributed by atoms with Gasteiger partial charge in [-0.25, -0.2) is 0 Å². The van der Waals surface area contributed by atoms with Crippen molar-refractivity contribution >= 4 is 11.8 Å². The molecule has 1 aromatic heterocycles. The first-order valence-electron chi connectivity index (χ1n) is 7.87. The van der Waals surface area contributed by atoms with Crippen LogP contribution in [0.15, 0.2) is 53.3 Å². The van der Waals surface area contributed by atoms with E-state index >= 15 is 0 Å². The van der Waals surface area contributed by atoms with Crippen molar-refractivity contribution in [3.63, 3.8) is 0 Å². The van der Waals surface area contributed by atoms with E-state index in [-0.39, 0.29) is 29.1 Å². The summed E-state index contributed by atoms with van der Waals surface area (Å²) in [6, 6.07) is 14.0. The number of hydrogen-bond donors (Lipinski definition) is 1. The maximum absolute atomic E-state index is 12.7. The molecule has 0 bridgehead atoms. The van der Waals surface area contributed by atoms with Gasteiger partial charge in [0.2, 0.25) is 11.5 Å². The Labute approximate surface area is 139 Å². The SMILES string of the molecule is CC(=O)N1CCN(C(=O)c2cccc(=O)[nH]2)CC1c1ccccc1. The highest BCUT2D eigenvalue weighted by Gasteiger charge is 2.32. The van der Waals surface area contributed by atoms with Crippen LogP contribution in [0.3, 0.4) is 0 Å². The number of nitrogens with zero attached hydrogens (tertiary/aromatic N) is 2. The number of benzene rings is 1. The van der Waals surface area contributed by atoms with E-state index in [4.69, 9.17) is 0 Å². The van der Waals surface area contributed by atoms with Crippen molar-refractivity contribution in [1.82, 2.24) is 14.8 Å². The molecule has 1 saturated heterocycles. The lowest BCUT2D eigenvalue weighted by Gasteiger charge is -2.41. The molecule has 3 rings (SSSR count). The van der Waals surface area contributed by atoms with Crippen molar-refractivity contribution in [1.29, 1.82) is 0 Å². The van der Waals surface area contributed by atoms with Crippen molar-refractivity contribution in [2.24, 2.45) is 0 Å². The minimum absolute atomic E-state index is 0.0101. The smallest absolute Gasteiger partial charge is 0.270 e. The van der Waals surface area contributed by atoms with Gasteiger partial charge in [0.1, 0.15) is 5.69 Å². The van der Waals surface area contributed by atoms with E-state index in [1.165, 1.54) is 6.07 Å². The van der Waals surface area contributed by atoms with Gasteiger partial charge in [0.25, 0.3) is 5.91 Å². The molecule has 1 unspecified atom stereocenters. The molecule has 0 aliphatic carbocycles. The molecule has 2 heterocycles. The number of rotatable bonds is 2. The lowest BCUT2D eigenvalue weighted by Crippen LogP contribution is -2.52. The lowest BCUT2D eigenvalue weighted by molar-refractivity contribution is -0.133. The number of amides is 2. The quantitative estimate of drug-likeness (QED) is 0.907. The number of H-pyrrole nitrogens is 1. The summed E-state index contributed by atoms with van der Waals surface area (Å²) in [7, 11) is 0. The first kappa shape index (κ1) is 16.0. The van der Waals surface area contributed by atoms with Crippen LogP contribution in [-0.2, 0) is 4.79 Å². The maximum Gasteiger partial charge on any atom is 0.270 e. The summed E-state index contributed by atoms with van der Waals surface area (Å²) in [6.45, 7) is 2.86. The van der Waals surface area contributed by atoms with Crippen LogP contribution in [0.2, 0.25) is 0 Å². The molecular formula is C18H19N3O3. The Bertz CT molecular complexity index is 800. The van der Waals surface area contributed by atoms with Gasteiger partial charge in [-0.2, -0.15) is 0 Å². The zero-order valence-corrected chi connectivity index (χ0v) is 13.4. The monoisotopic (exact) mass is 325 g/mol. The molecule has 1 fully saturated rings. The Morgan fingerprint density at radius 2 is 1.79 bits per heavy atom. The summed E-state index contributed by atoms with van der Waals surface area (Å²) in [4.78, 5) is 42.1. The number of pyridine rings is 1. The predicted molar refractivity (Wildman–Crippen MR) is 89.5 cm³/mol. The number of aromatic amines is 1. The summed E-state index contributed by atoms with van der Waals surface area (Å²) < 4.78 is 0. The Hall–Kier alpha value is -2.89. The van der Waals surface area contributed by atoms with Crippen molar-refractivity contribution in [2.75, 3.05) is 19.6 Å². The zero-order chi connectivity index (χ0) is 17.1. The molecule has 2 amide bonds. The minimum Gasteiger partial charge on any atom is -0.333 e. The van der Waals surface area contributed by atoms with Crippen molar-refractivity contribution in [3.05, 3.63) is 70.1 Å². The second kappa shape index (κ2) is 6.70. The molecule has 124 valence electrons. The second-order valence-electron chi connectivity index (χ2n) is 5.82. The average molecular weight is 325 g/mol. The molecule has 6 nitrogen and oxygen atoms in total. The molecule has 1 aromatic carbocycles. The van der Waals surface area contributed by atoms with E-state index in [9.17, 15) is 14.4 Å².